The average molecular weight is 360 g/mol. The van der Waals surface area contributed by atoms with Crippen LogP contribution in [0.5, 0.6) is 0 Å². The van der Waals surface area contributed by atoms with Crippen LogP contribution in [0.1, 0.15) is 41.2 Å². The minimum absolute atomic E-state index is 0.0472. The predicted molar refractivity (Wildman–Crippen MR) is 105 cm³/mol. The molecule has 1 aliphatic heterocycles. The summed E-state index contributed by atoms with van der Waals surface area (Å²) in [7, 11) is 0. The molecule has 1 aliphatic rings. The van der Waals surface area contributed by atoms with E-state index in [1.165, 1.54) is 0 Å². The Morgan fingerprint density at radius 2 is 1.78 bits per heavy atom. The van der Waals surface area contributed by atoms with Crippen LogP contribution in [0.25, 0.3) is 23.2 Å². The van der Waals surface area contributed by atoms with Crippen molar-refractivity contribution >= 4 is 23.6 Å². The molecule has 136 valence electrons. The molecule has 0 saturated carbocycles. The lowest BCUT2D eigenvalue weighted by molar-refractivity contribution is 0.0822. The first-order valence-electron chi connectivity index (χ1n) is 8.80. The highest BCUT2D eigenvalue weighted by molar-refractivity contribution is 6.14. The lowest BCUT2D eigenvalue weighted by atomic mass is 10.1. The van der Waals surface area contributed by atoms with E-state index in [4.69, 9.17) is 10.2 Å². The summed E-state index contributed by atoms with van der Waals surface area (Å²) in [5.74, 6) is 1.21. The number of fused-ring (bicyclic) bond motifs is 1. The Morgan fingerprint density at radius 3 is 2.41 bits per heavy atom. The summed E-state index contributed by atoms with van der Waals surface area (Å²) in [6.07, 6.45) is 1.95. The number of carbonyl (C=O) groups excluding carboxylic acids is 1. The number of hydrogen-bond donors (Lipinski definition) is 1. The number of carbonyl (C=O) groups is 1. The Kier molecular flexibility index (Phi) is 4.03. The van der Waals surface area contributed by atoms with Crippen LogP contribution in [-0.2, 0) is 0 Å². The zero-order valence-electron chi connectivity index (χ0n) is 15.4. The largest absolute Gasteiger partial charge is 0.460 e. The summed E-state index contributed by atoms with van der Waals surface area (Å²) >= 11 is 0. The minimum atomic E-state index is -0.147. The normalized spacial score (nSPS) is 15.0. The molecule has 0 bridgehead atoms. The van der Waals surface area contributed by atoms with Crippen molar-refractivity contribution in [3.63, 3.8) is 0 Å². The van der Waals surface area contributed by atoms with Gasteiger partial charge < -0.3 is 15.1 Å². The molecule has 0 radical (unpaired) electrons. The first-order chi connectivity index (χ1) is 13.0. The van der Waals surface area contributed by atoms with Gasteiger partial charge in [-0.15, -0.1) is 0 Å². The first-order valence-corrected chi connectivity index (χ1v) is 8.80. The number of hydrogen-bond acceptors (Lipinski definition) is 5. The van der Waals surface area contributed by atoms with Gasteiger partial charge in [-0.1, -0.05) is 30.3 Å². The smallest absolute Gasteiger partial charge is 0.263 e. The van der Waals surface area contributed by atoms with E-state index in [9.17, 15) is 4.79 Å². The molecular formula is C21H20N4O2. The standard InChI is InChI=1S/C21H20N4O2/c1-12(2)25-15(11-14-7-5-4-6-8-14)18-17(20(25)26)19(24-21(22)23-18)16-10-9-13(3)27-16/h4-12H,1-3H3,(H2,22,23,24)/b15-11+. The third kappa shape index (κ3) is 2.89. The zero-order chi connectivity index (χ0) is 19.1. The van der Waals surface area contributed by atoms with Crippen LogP contribution in [0.4, 0.5) is 5.95 Å². The van der Waals surface area contributed by atoms with Gasteiger partial charge in [0, 0.05) is 6.04 Å². The molecule has 2 aromatic heterocycles. The summed E-state index contributed by atoms with van der Waals surface area (Å²) < 4.78 is 5.71. The van der Waals surface area contributed by atoms with E-state index in [1.807, 2.05) is 63.2 Å². The molecule has 0 aliphatic carbocycles. The first kappa shape index (κ1) is 17.0. The second kappa shape index (κ2) is 6.39. The van der Waals surface area contributed by atoms with Gasteiger partial charge in [0.15, 0.2) is 5.76 Å². The van der Waals surface area contributed by atoms with Crippen molar-refractivity contribution in [1.82, 2.24) is 14.9 Å². The molecule has 0 saturated heterocycles. The van der Waals surface area contributed by atoms with Crippen molar-refractivity contribution in [2.24, 2.45) is 0 Å². The van der Waals surface area contributed by atoms with Crippen molar-refractivity contribution < 1.29 is 9.21 Å². The van der Waals surface area contributed by atoms with Crippen LogP contribution in [0, 0.1) is 6.92 Å². The number of nitrogens with zero attached hydrogens (tertiary/aromatic N) is 3. The Bertz CT molecular complexity index is 1050. The molecule has 1 amide bonds. The van der Waals surface area contributed by atoms with Crippen LogP contribution < -0.4 is 5.73 Å². The van der Waals surface area contributed by atoms with Gasteiger partial charge in [-0.25, -0.2) is 9.97 Å². The number of anilines is 1. The second-order valence-corrected chi connectivity index (χ2v) is 6.77. The third-order valence-corrected chi connectivity index (χ3v) is 4.45. The van der Waals surface area contributed by atoms with Gasteiger partial charge in [-0.05, 0) is 44.5 Å². The number of benzene rings is 1. The second-order valence-electron chi connectivity index (χ2n) is 6.77. The molecule has 27 heavy (non-hydrogen) atoms. The summed E-state index contributed by atoms with van der Waals surface area (Å²) in [6, 6.07) is 13.4. The van der Waals surface area contributed by atoms with Crippen LogP contribution in [-0.4, -0.2) is 26.8 Å². The quantitative estimate of drug-likeness (QED) is 0.763. The minimum Gasteiger partial charge on any atom is -0.460 e. The molecular weight excluding hydrogens is 340 g/mol. The van der Waals surface area contributed by atoms with E-state index < -0.39 is 0 Å². The van der Waals surface area contributed by atoms with Crippen molar-refractivity contribution in [3.8, 4) is 11.5 Å². The number of rotatable bonds is 3. The number of amides is 1. The highest BCUT2D eigenvalue weighted by Crippen LogP contribution is 2.39. The van der Waals surface area contributed by atoms with Crippen LogP contribution >= 0.6 is 0 Å². The van der Waals surface area contributed by atoms with Crippen molar-refractivity contribution in [2.45, 2.75) is 26.8 Å². The van der Waals surface area contributed by atoms with Crippen molar-refractivity contribution in [3.05, 3.63) is 65.0 Å². The van der Waals surface area contributed by atoms with E-state index in [-0.39, 0.29) is 17.9 Å². The fourth-order valence-electron chi connectivity index (χ4n) is 3.31. The SMILES string of the molecule is Cc1ccc(-c2nc(N)nc3c2C(=O)N(C(C)C)/C3=C/c2ccccc2)o1. The fraction of sp³-hybridized carbons (Fsp3) is 0.190. The number of aryl methyl sites for hydroxylation is 1. The van der Waals surface area contributed by atoms with E-state index >= 15 is 0 Å². The molecule has 4 rings (SSSR count). The maximum absolute atomic E-state index is 13.3. The van der Waals surface area contributed by atoms with E-state index in [2.05, 4.69) is 9.97 Å². The maximum atomic E-state index is 13.3. The summed E-state index contributed by atoms with van der Waals surface area (Å²) in [4.78, 5) is 23.7. The van der Waals surface area contributed by atoms with E-state index in [1.54, 1.807) is 11.0 Å². The highest BCUT2D eigenvalue weighted by Gasteiger charge is 2.39. The Labute approximate surface area is 157 Å². The van der Waals surface area contributed by atoms with Gasteiger partial charge in [0.05, 0.1) is 11.3 Å². The predicted octanol–water partition coefficient (Wildman–Crippen LogP) is 3.99. The molecule has 3 heterocycles. The van der Waals surface area contributed by atoms with Gasteiger partial charge >= 0.3 is 0 Å². The maximum Gasteiger partial charge on any atom is 0.263 e. The molecule has 3 aromatic rings. The van der Waals surface area contributed by atoms with Gasteiger partial charge in [0.25, 0.3) is 5.91 Å². The van der Waals surface area contributed by atoms with Gasteiger partial charge in [-0.2, -0.15) is 0 Å². The number of nitrogen functional groups attached to an aromatic ring is 1. The Balaban J connectivity index is 1.97. The lowest BCUT2D eigenvalue weighted by Gasteiger charge is -2.22. The number of furan rings is 1. The van der Waals surface area contributed by atoms with Crippen molar-refractivity contribution in [2.75, 3.05) is 5.73 Å². The molecule has 0 spiro atoms. The van der Waals surface area contributed by atoms with Gasteiger partial charge in [-0.3, -0.25) is 4.79 Å². The van der Waals surface area contributed by atoms with Crippen LogP contribution in [0.2, 0.25) is 0 Å². The molecule has 6 nitrogen and oxygen atoms in total. The Morgan fingerprint density at radius 1 is 1.07 bits per heavy atom. The van der Waals surface area contributed by atoms with E-state index in [0.29, 0.717) is 22.7 Å². The molecule has 0 fully saturated rings. The van der Waals surface area contributed by atoms with Gasteiger partial charge in [0.2, 0.25) is 5.95 Å². The fourth-order valence-corrected chi connectivity index (χ4v) is 3.31. The molecule has 0 atom stereocenters. The molecule has 0 unspecified atom stereocenters. The number of nitrogens with two attached hydrogens (primary N) is 1. The monoisotopic (exact) mass is 360 g/mol. The topological polar surface area (TPSA) is 85.2 Å². The summed E-state index contributed by atoms with van der Waals surface area (Å²) in [5.41, 5.74) is 9.06. The molecule has 6 heteroatoms. The number of aromatic nitrogens is 2. The summed E-state index contributed by atoms with van der Waals surface area (Å²) in [6.45, 7) is 5.78. The highest BCUT2D eigenvalue weighted by atomic mass is 16.3. The summed E-state index contributed by atoms with van der Waals surface area (Å²) in [5, 5.41) is 0. The molecule has 1 aromatic carbocycles. The Hall–Kier alpha value is -3.41. The van der Waals surface area contributed by atoms with Crippen LogP contribution in [0.15, 0.2) is 46.9 Å². The molecule has 2 N–H and O–H groups in total. The average Bonchev–Trinajstić information content (AvgIpc) is 3.17. The zero-order valence-corrected chi connectivity index (χ0v) is 15.4. The van der Waals surface area contributed by atoms with Crippen molar-refractivity contribution in [1.29, 1.82) is 0 Å². The van der Waals surface area contributed by atoms with Gasteiger partial charge in [0.1, 0.15) is 17.1 Å². The lowest BCUT2D eigenvalue weighted by Crippen LogP contribution is -2.30. The van der Waals surface area contributed by atoms with E-state index in [0.717, 1.165) is 17.0 Å². The van der Waals surface area contributed by atoms with Crippen LogP contribution in [0.3, 0.4) is 0 Å². The third-order valence-electron chi connectivity index (χ3n) is 4.45.